The van der Waals surface area contributed by atoms with Gasteiger partial charge in [0.15, 0.2) is 0 Å². The van der Waals surface area contributed by atoms with Gasteiger partial charge in [-0.25, -0.2) is 14.8 Å². The van der Waals surface area contributed by atoms with Crippen molar-refractivity contribution in [1.82, 2.24) is 29.8 Å². The third-order valence-corrected chi connectivity index (χ3v) is 7.73. The molecular formula is C23H35N9O2. The molecule has 5 heterocycles. The Morgan fingerprint density at radius 3 is 2.35 bits per heavy atom. The van der Waals surface area contributed by atoms with E-state index in [0.717, 1.165) is 51.4 Å². The molecule has 0 bridgehead atoms. The molecule has 2 amide bonds. The van der Waals surface area contributed by atoms with Crippen molar-refractivity contribution in [2.75, 3.05) is 58.9 Å². The molecular weight excluding hydrogens is 434 g/mol. The summed E-state index contributed by atoms with van der Waals surface area (Å²) in [5.41, 5.74) is 0. The number of hydrogen-bond donors (Lipinski definition) is 1. The minimum absolute atomic E-state index is 0.00808. The lowest BCUT2D eigenvalue weighted by molar-refractivity contribution is -0.146. The zero-order chi connectivity index (χ0) is 23.5. The second-order valence-corrected chi connectivity index (χ2v) is 9.72. The zero-order valence-electron chi connectivity index (χ0n) is 19.9. The summed E-state index contributed by atoms with van der Waals surface area (Å²) >= 11 is 0. The van der Waals surface area contributed by atoms with Crippen LogP contribution in [-0.4, -0.2) is 119 Å². The number of nitrogens with zero attached hydrogens (tertiary/aromatic N) is 8. The molecule has 0 aromatic rings. The molecule has 4 fully saturated rings. The van der Waals surface area contributed by atoms with Crippen LogP contribution >= 0.6 is 0 Å². The topological polar surface area (TPSA) is 111 Å². The Kier molecular flexibility index (Phi) is 6.70. The molecule has 0 aliphatic carbocycles. The summed E-state index contributed by atoms with van der Waals surface area (Å²) in [5.74, 6) is -0.0845. The van der Waals surface area contributed by atoms with Gasteiger partial charge in [-0.05, 0) is 38.5 Å². The molecule has 0 spiro atoms. The van der Waals surface area contributed by atoms with Crippen LogP contribution in [0.25, 0.3) is 0 Å². The lowest BCUT2D eigenvalue weighted by Gasteiger charge is -2.48. The molecule has 2 atom stereocenters. The number of rotatable bonds is 4. The number of piperazine rings is 1. The second kappa shape index (κ2) is 9.88. The van der Waals surface area contributed by atoms with E-state index in [-0.39, 0.29) is 18.2 Å². The van der Waals surface area contributed by atoms with Gasteiger partial charge in [0, 0.05) is 58.9 Å². The molecule has 1 N–H and O–H groups in total. The summed E-state index contributed by atoms with van der Waals surface area (Å²) in [6, 6.07) is 1.48. The highest BCUT2D eigenvalue weighted by Gasteiger charge is 2.47. The highest BCUT2D eigenvalue weighted by molar-refractivity contribution is 5.92. The molecule has 4 saturated heterocycles. The molecule has 5 aliphatic heterocycles. The molecule has 11 heteroatoms. The van der Waals surface area contributed by atoms with Gasteiger partial charge in [-0.1, -0.05) is 0 Å². The third-order valence-electron chi connectivity index (χ3n) is 7.73. The van der Waals surface area contributed by atoms with Crippen molar-refractivity contribution in [3.8, 4) is 6.07 Å². The minimum Gasteiger partial charge on any atom is -0.343 e. The molecule has 5 aliphatic rings. The smallest absolute Gasteiger partial charge is 0.274 e. The van der Waals surface area contributed by atoms with Gasteiger partial charge in [-0.3, -0.25) is 9.59 Å². The molecule has 5 rings (SSSR count). The number of carbonyl (C=O) groups excluding carboxylic acids is 2. The fraction of sp³-hybridized carbons (Fsp3) is 0.783. The normalized spacial score (nSPS) is 30.4. The van der Waals surface area contributed by atoms with Crippen molar-refractivity contribution in [2.45, 2.75) is 56.9 Å². The predicted molar refractivity (Wildman–Crippen MR) is 127 cm³/mol. The SMILES string of the molecule is N#CCC(=O)N1CCCC1C(=O)N1CCN(C2(N3CCCC3)N=CNC(N3CCCC3)=N2)CC1. The molecule has 0 radical (unpaired) electrons. The maximum absolute atomic E-state index is 13.3. The first-order chi connectivity index (χ1) is 16.6. The van der Waals surface area contributed by atoms with Crippen LogP contribution in [0.2, 0.25) is 0 Å². The van der Waals surface area contributed by atoms with E-state index < -0.39 is 12.0 Å². The molecule has 0 aromatic carbocycles. The average molecular weight is 470 g/mol. The minimum atomic E-state index is -0.753. The van der Waals surface area contributed by atoms with Gasteiger partial charge in [0.25, 0.3) is 5.91 Å². The number of carbonyl (C=O) groups is 2. The van der Waals surface area contributed by atoms with Crippen LogP contribution in [0.5, 0.6) is 0 Å². The van der Waals surface area contributed by atoms with Crippen LogP contribution in [0.3, 0.4) is 0 Å². The van der Waals surface area contributed by atoms with Crippen molar-refractivity contribution in [1.29, 1.82) is 5.26 Å². The van der Waals surface area contributed by atoms with Crippen molar-refractivity contribution >= 4 is 24.1 Å². The number of aliphatic imine (C=N–C) groups is 2. The van der Waals surface area contributed by atoms with Crippen LogP contribution in [-0.2, 0) is 9.59 Å². The molecule has 0 saturated carbocycles. The average Bonchev–Trinajstić information content (AvgIpc) is 3.66. The van der Waals surface area contributed by atoms with Gasteiger partial charge in [0.1, 0.15) is 12.5 Å². The first-order valence-electron chi connectivity index (χ1n) is 12.7. The van der Waals surface area contributed by atoms with E-state index >= 15 is 0 Å². The lowest BCUT2D eigenvalue weighted by atomic mass is 10.1. The molecule has 0 aromatic heterocycles. The van der Waals surface area contributed by atoms with Crippen LogP contribution in [0, 0.1) is 11.3 Å². The van der Waals surface area contributed by atoms with E-state index in [4.69, 9.17) is 15.2 Å². The Bertz CT molecular complexity index is 879. The quantitative estimate of drug-likeness (QED) is 0.608. The van der Waals surface area contributed by atoms with Crippen molar-refractivity contribution in [3.63, 3.8) is 0 Å². The molecule has 34 heavy (non-hydrogen) atoms. The number of nitrogens with one attached hydrogen (secondary N) is 1. The molecule has 2 unspecified atom stereocenters. The molecule has 11 nitrogen and oxygen atoms in total. The first-order valence-corrected chi connectivity index (χ1v) is 12.7. The number of hydrogen-bond acceptors (Lipinski definition) is 9. The van der Waals surface area contributed by atoms with Crippen molar-refractivity contribution in [2.24, 2.45) is 9.98 Å². The predicted octanol–water partition coefficient (Wildman–Crippen LogP) is -0.174. The number of nitriles is 1. The Labute approximate surface area is 201 Å². The van der Waals surface area contributed by atoms with Crippen molar-refractivity contribution in [3.05, 3.63) is 0 Å². The van der Waals surface area contributed by atoms with E-state index in [1.807, 2.05) is 11.0 Å². The van der Waals surface area contributed by atoms with E-state index in [2.05, 4.69) is 20.0 Å². The maximum Gasteiger partial charge on any atom is 0.274 e. The largest absolute Gasteiger partial charge is 0.343 e. The van der Waals surface area contributed by atoms with E-state index in [1.54, 1.807) is 11.2 Å². The number of amides is 2. The van der Waals surface area contributed by atoms with Crippen molar-refractivity contribution < 1.29 is 9.59 Å². The Morgan fingerprint density at radius 1 is 0.971 bits per heavy atom. The highest BCUT2D eigenvalue weighted by Crippen LogP contribution is 2.32. The van der Waals surface area contributed by atoms with E-state index in [9.17, 15) is 9.59 Å². The lowest BCUT2D eigenvalue weighted by Crippen LogP contribution is -2.66. The van der Waals surface area contributed by atoms with Gasteiger partial charge < -0.3 is 20.0 Å². The van der Waals surface area contributed by atoms with E-state index in [1.165, 1.54) is 12.8 Å². The maximum atomic E-state index is 13.3. The zero-order valence-corrected chi connectivity index (χ0v) is 19.9. The summed E-state index contributed by atoms with van der Waals surface area (Å²) in [6.07, 6.45) is 7.77. The summed E-state index contributed by atoms with van der Waals surface area (Å²) in [5, 5.41) is 12.2. The van der Waals surface area contributed by atoms with E-state index in [0.29, 0.717) is 39.1 Å². The molecule has 184 valence electrons. The van der Waals surface area contributed by atoms with Crippen LogP contribution in [0.4, 0.5) is 0 Å². The summed E-state index contributed by atoms with van der Waals surface area (Å²) in [7, 11) is 0. The Hall–Kier alpha value is -2.71. The summed E-state index contributed by atoms with van der Waals surface area (Å²) in [4.78, 5) is 46.2. The fourth-order valence-corrected chi connectivity index (χ4v) is 5.92. The Balaban J connectivity index is 1.29. The fourth-order valence-electron chi connectivity index (χ4n) is 5.92. The summed E-state index contributed by atoms with van der Waals surface area (Å²) in [6.45, 7) is 7.04. The van der Waals surface area contributed by atoms with Gasteiger partial charge in [0.2, 0.25) is 17.8 Å². The van der Waals surface area contributed by atoms with Gasteiger partial charge in [-0.2, -0.15) is 10.3 Å². The van der Waals surface area contributed by atoms with Gasteiger partial charge >= 0.3 is 0 Å². The summed E-state index contributed by atoms with van der Waals surface area (Å²) < 4.78 is 0. The highest BCUT2D eigenvalue weighted by atomic mass is 16.2. The van der Waals surface area contributed by atoms with Gasteiger partial charge in [0.05, 0.1) is 12.4 Å². The monoisotopic (exact) mass is 469 g/mol. The Morgan fingerprint density at radius 2 is 1.65 bits per heavy atom. The second-order valence-electron chi connectivity index (χ2n) is 9.72. The standard InChI is InChI=1S/C23H35N9O2/c24-8-7-20(33)32-13-5-6-19(32)21(34)28-14-16-31(17-15-28)23(30-11-3-4-12-30)26-18-25-22(27-23)29-9-1-2-10-29/h18-19H,1-7,9-17H2,(H,25,26,27). The number of likely N-dealkylation sites (tertiary alicyclic amines) is 3. The first kappa shape index (κ1) is 23.1. The van der Waals surface area contributed by atoms with Crippen LogP contribution in [0.15, 0.2) is 9.98 Å². The van der Waals surface area contributed by atoms with Crippen LogP contribution < -0.4 is 5.32 Å². The van der Waals surface area contributed by atoms with Crippen LogP contribution in [0.1, 0.15) is 44.9 Å². The van der Waals surface area contributed by atoms with Gasteiger partial charge in [-0.15, -0.1) is 0 Å². The number of guanidine groups is 1. The third kappa shape index (κ3) is 4.25.